The highest BCUT2D eigenvalue weighted by molar-refractivity contribution is 9.10. The van der Waals surface area contributed by atoms with Gasteiger partial charge in [-0.2, -0.15) is 0 Å². The Hall–Kier alpha value is -0.940. The molecule has 1 atom stereocenters. The summed E-state index contributed by atoms with van der Waals surface area (Å²) in [6.07, 6.45) is 5.47. The van der Waals surface area contributed by atoms with Crippen LogP contribution in [-0.4, -0.2) is 14.4 Å². The minimum atomic E-state index is -0.0493. The Bertz CT molecular complexity index is 435. The number of rotatable bonds is 1. The van der Waals surface area contributed by atoms with Gasteiger partial charge in [-0.25, -0.2) is 9.97 Å². The summed E-state index contributed by atoms with van der Waals surface area (Å²) in [5.74, 6) is 0. The maximum Gasteiger partial charge on any atom is 0.170 e. The second-order valence-corrected chi connectivity index (χ2v) is 3.65. The number of fused-ring (bicyclic) bond motifs is 1. The second-order valence-electron chi connectivity index (χ2n) is 2.90. The molecule has 2 rings (SSSR count). The zero-order valence-electron chi connectivity index (χ0n) is 7.11. The zero-order valence-corrected chi connectivity index (χ0v) is 8.69. The molecule has 2 aromatic rings. The lowest BCUT2D eigenvalue weighted by Gasteiger charge is -1.95. The van der Waals surface area contributed by atoms with Crippen LogP contribution in [-0.2, 0) is 0 Å². The van der Waals surface area contributed by atoms with Gasteiger partial charge in [-0.15, -0.1) is 0 Å². The van der Waals surface area contributed by atoms with Crippen molar-refractivity contribution in [2.45, 2.75) is 13.0 Å². The average Bonchev–Trinajstić information content (AvgIpc) is 2.49. The molecule has 2 aromatic heterocycles. The molecule has 5 heteroatoms. The molecular weight excluding hydrogens is 232 g/mol. The van der Waals surface area contributed by atoms with Crippen LogP contribution in [0.15, 0.2) is 23.2 Å². The molecule has 0 aliphatic rings. The van der Waals surface area contributed by atoms with Crippen molar-refractivity contribution in [2.24, 2.45) is 5.73 Å². The molecule has 0 saturated heterocycles. The van der Waals surface area contributed by atoms with Crippen molar-refractivity contribution in [3.05, 3.63) is 28.9 Å². The number of halogens is 1. The molecule has 4 nitrogen and oxygen atoms in total. The Morgan fingerprint density at radius 1 is 1.62 bits per heavy atom. The molecule has 0 amide bonds. The molecule has 0 aliphatic heterocycles. The van der Waals surface area contributed by atoms with E-state index in [1.54, 1.807) is 6.20 Å². The smallest absolute Gasteiger partial charge is 0.170 e. The van der Waals surface area contributed by atoms with Crippen LogP contribution in [0.2, 0.25) is 0 Å². The average molecular weight is 241 g/mol. The highest BCUT2D eigenvalue weighted by atomic mass is 79.9. The lowest BCUT2D eigenvalue weighted by Crippen LogP contribution is -2.04. The van der Waals surface area contributed by atoms with Gasteiger partial charge < -0.3 is 10.1 Å². The van der Waals surface area contributed by atoms with E-state index in [1.165, 1.54) is 0 Å². The van der Waals surface area contributed by atoms with E-state index in [0.29, 0.717) is 0 Å². The third-order valence-electron chi connectivity index (χ3n) is 1.82. The van der Waals surface area contributed by atoms with E-state index in [2.05, 4.69) is 25.9 Å². The Labute approximate surface area is 83.9 Å². The van der Waals surface area contributed by atoms with E-state index in [0.717, 1.165) is 15.9 Å². The van der Waals surface area contributed by atoms with E-state index >= 15 is 0 Å². The van der Waals surface area contributed by atoms with Crippen LogP contribution in [0.4, 0.5) is 0 Å². The van der Waals surface area contributed by atoms with Crippen molar-refractivity contribution in [2.75, 3.05) is 0 Å². The molecule has 2 N–H and O–H groups in total. The van der Waals surface area contributed by atoms with E-state index in [-0.39, 0.29) is 6.04 Å². The largest absolute Gasteiger partial charge is 0.323 e. The molecule has 13 heavy (non-hydrogen) atoms. The van der Waals surface area contributed by atoms with Gasteiger partial charge in [-0.1, -0.05) is 0 Å². The first-order chi connectivity index (χ1) is 6.18. The summed E-state index contributed by atoms with van der Waals surface area (Å²) in [6.45, 7) is 1.91. The first-order valence-corrected chi connectivity index (χ1v) is 4.72. The summed E-state index contributed by atoms with van der Waals surface area (Å²) in [5, 5.41) is 0. The highest BCUT2D eigenvalue weighted by Crippen LogP contribution is 2.16. The third kappa shape index (κ3) is 1.45. The fourth-order valence-corrected chi connectivity index (χ4v) is 1.54. The fourth-order valence-electron chi connectivity index (χ4n) is 1.13. The van der Waals surface area contributed by atoms with Crippen LogP contribution in [0.25, 0.3) is 5.65 Å². The summed E-state index contributed by atoms with van der Waals surface area (Å²) in [7, 11) is 0. The molecule has 0 saturated carbocycles. The first-order valence-electron chi connectivity index (χ1n) is 3.93. The van der Waals surface area contributed by atoms with Crippen LogP contribution in [0.3, 0.4) is 0 Å². The Balaban J connectivity index is 2.68. The van der Waals surface area contributed by atoms with Gasteiger partial charge in [-0.3, -0.25) is 0 Å². The van der Waals surface area contributed by atoms with Crippen molar-refractivity contribution in [3.63, 3.8) is 0 Å². The van der Waals surface area contributed by atoms with Crippen molar-refractivity contribution < 1.29 is 0 Å². The van der Waals surface area contributed by atoms with E-state index in [9.17, 15) is 0 Å². The van der Waals surface area contributed by atoms with Crippen molar-refractivity contribution in [1.82, 2.24) is 14.4 Å². The topological polar surface area (TPSA) is 56.2 Å². The Morgan fingerprint density at radius 3 is 3.00 bits per heavy atom. The summed E-state index contributed by atoms with van der Waals surface area (Å²) in [5.41, 5.74) is 7.39. The van der Waals surface area contributed by atoms with Gasteiger partial charge in [0.1, 0.15) is 4.60 Å². The van der Waals surface area contributed by atoms with Crippen molar-refractivity contribution >= 4 is 21.6 Å². The van der Waals surface area contributed by atoms with Crippen LogP contribution < -0.4 is 5.73 Å². The molecule has 0 aliphatic carbocycles. The second kappa shape index (κ2) is 3.08. The molecule has 0 spiro atoms. The van der Waals surface area contributed by atoms with E-state index in [1.807, 2.05) is 23.7 Å². The normalized spacial score (nSPS) is 13.5. The summed E-state index contributed by atoms with van der Waals surface area (Å²) in [6, 6.07) is -0.0493. The molecule has 2 heterocycles. The molecule has 68 valence electrons. The Kier molecular flexibility index (Phi) is 2.05. The predicted octanol–water partition coefficient (Wildman–Crippen LogP) is 1.51. The number of aromatic nitrogens is 3. The van der Waals surface area contributed by atoms with Crippen LogP contribution >= 0.6 is 15.9 Å². The van der Waals surface area contributed by atoms with Crippen LogP contribution in [0.1, 0.15) is 18.7 Å². The lowest BCUT2D eigenvalue weighted by atomic mass is 10.3. The fraction of sp³-hybridized carbons (Fsp3) is 0.250. The standard InChI is InChI=1S/C8H9BrN4/c1-5(10)6-4-13-3-2-11-7(9)8(13)12-6/h2-5H,10H2,1H3. The maximum atomic E-state index is 5.72. The number of imidazole rings is 1. The molecule has 0 radical (unpaired) electrons. The minimum absolute atomic E-state index is 0.0493. The highest BCUT2D eigenvalue weighted by Gasteiger charge is 2.07. The van der Waals surface area contributed by atoms with Gasteiger partial charge in [-0.05, 0) is 22.9 Å². The summed E-state index contributed by atoms with van der Waals surface area (Å²) in [4.78, 5) is 8.41. The third-order valence-corrected chi connectivity index (χ3v) is 2.38. The van der Waals surface area contributed by atoms with E-state index < -0.39 is 0 Å². The molecule has 1 unspecified atom stereocenters. The zero-order chi connectivity index (χ0) is 9.42. The molecule has 0 aromatic carbocycles. The molecule has 0 fully saturated rings. The van der Waals surface area contributed by atoms with Gasteiger partial charge in [0.25, 0.3) is 0 Å². The minimum Gasteiger partial charge on any atom is -0.323 e. The van der Waals surface area contributed by atoms with Gasteiger partial charge in [0.15, 0.2) is 5.65 Å². The number of nitrogens with zero attached hydrogens (tertiary/aromatic N) is 3. The maximum absolute atomic E-state index is 5.72. The number of hydrogen-bond acceptors (Lipinski definition) is 3. The van der Waals surface area contributed by atoms with Gasteiger partial charge in [0, 0.05) is 24.6 Å². The van der Waals surface area contributed by atoms with Gasteiger partial charge in [0.2, 0.25) is 0 Å². The first kappa shape index (κ1) is 8.65. The van der Waals surface area contributed by atoms with Gasteiger partial charge >= 0.3 is 0 Å². The summed E-state index contributed by atoms with van der Waals surface area (Å²) >= 11 is 3.32. The SMILES string of the molecule is CC(N)c1cn2ccnc(Br)c2n1. The van der Waals surface area contributed by atoms with Crippen LogP contribution in [0, 0.1) is 0 Å². The quantitative estimate of drug-likeness (QED) is 0.823. The number of hydrogen-bond donors (Lipinski definition) is 1. The van der Waals surface area contributed by atoms with Crippen LogP contribution in [0.5, 0.6) is 0 Å². The lowest BCUT2D eigenvalue weighted by molar-refractivity contribution is 0.790. The monoisotopic (exact) mass is 240 g/mol. The van der Waals surface area contributed by atoms with Crippen molar-refractivity contribution in [1.29, 1.82) is 0 Å². The van der Waals surface area contributed by atoms with Gasteiger partial charge in [0.05, 0.1) is 5.69 Å². The van der Waals surface area contributed by atoms with Crippen molar-refractivity contribution in [3.8, 4) is 0 Å². The molecular formula is C8H9BrN4. The predicted molar refractivity (Wildman–Crippen MR) is 53.3 cm³/mol. The molecule has 0 bridgehead atoms. The summed E-state index contributed by atoms with van der Waals surface area (Å²) < 4.78 is 2.64. The van der Waals surface area contributed by atoms with E-state index in [4.69, 9.17) is 5.73 Å². The number of nitrogens with two attached hydrogens (primary N) is 1. The Morgan fingerprint density at radius 2 is 2.38 bits per heavy atom.